The molecule has 0 amide bonds. The SMILES string of the molecule is C=c1c(-c2ccc(C)s2)cc(-c2ccc(C)s2)c2ccc3c(-c4ccc(C)s4)cc(-c4ccc(C)s4)c(=C)c3c12. The van der Waals surface area contributed by atoms with Crippen molar-refractivity contribution < 1.29 is 0 Å². The Kier molecular flexibility index (Phi) is 6.21. The van der Waals surface area contributed by atoms with E-state index in [1.165, 1.54) is 82.8 Å². The van der Waals surface area contributed by atoms with Crippen molar-refractivity contribution in [2.24, 2.45) is 0 Å². The van der Waals surface area contributed by atoms with E-state index in [9.17, 15) is 0 Å². The van der Waals surface area contributed by atoms with Crippen LogP contribution in [0.4, 0.5) is 0 Å². The highest BCUT2D eigenvalue weighted by atomic mass is 32.1. The number of aryl methyl sites for hydroxylation is 4. The van der Waals surface area contributed by atoms with Gasteiger partial charge in [0.1, 0.15) is 0 Å². The van der Waals surface area contributed by atoms with Crippen LogP contribution in [-0.4, -0.2) is 0 Å². The van der Waals surface area contributed by atoms with Gasteiger partial charge in [0.2, 0.25) is 0 Å². The minimum absolute atomic E-state index is 1.08. The Hall–Kier alpha value is -3.28. The molecule has 0 N–H and O–H groups in total. The normalized spacial score (nSPS) is 11.7. The van der Waals surface area contributed by atoms with Crippen LogP contribution in [0.25, 0.3) is 76.5 Å². The van der Waals surface area contributed by atoms with Gasteiger partial charge in [0.15, 0.2) is 0 Å². The average molecular weight is 589 g/mol. The van der Waals surface area contributed by atoms with E-state index in [1.54, 1.807) is 0 Å². The van der Waals surface area contributed by atoms with Gasteiger partial charge in [-0.2, -0.15) is 0 Å². The Bertz CT molecular complexity index is 2040. The zero-order chi connectivity index (χ0) is 27.7. The van der Waals surface area contributed by atoms with Crippen LogP contribution in [0.2, 0.25) is 0 Å². The molecule has 0 aliphatic carbocycles. The molecule has 0 bridgehead atoms. The number of benzene rings is 3. The van der Waals surface area contributed by atoms with Crippen molar-refractivity contribution in [3.05, 3.63) is 103 Å². The molecule has 3 aromatic carbocycles. The first-order valence-corrected chi connectivity index (χ1v) is 16.6. The molecule has 0 spiro atoms. The first-order valence-electron chi connectivity index (χ1n) is 13.3. The number of rotatable bonds is 4. The summed E-state index contributed by atoms with van der Waals surface area (Å²) in [4.78, 5) is 10.4. The second kappa shape index (κ2) is 9.67. The van der Waals surface area contributed by atoms with Gasteiger partial charge in [-0.1, -0.05) is 25.3 Å². The van der Waals surface area contributed by atoms with Crippen LogP contribution in [0.3, 0.4) is 0 Å². The summed E-state index contributed by atoms with van der Waals surface area (Å²) in [5, 5.41) is 7.09. The monoisotopic (exact) mass is 588 g/mol. The smallest absolute Gasteiger partial charge is 0.0352 e. The summed E-state index contributed by atoms with van der Waals surface area (Å²) in [5.41, 5.74) is 4.97. The molecular weight excluding hydrogens is 561 g/mol. The molecule has 40 heavy (non-hydrogen) atoms. The molecule has 0 aliphatic heterocycles. The van der Waals surface area contributed by atoms with Crippen LogP contribution >= 0.6 is 45.3 Å². The molecule has 0 unspecified atom stereocenters. The largest absolute Gasteiger partial charge is 0.141 e. The molecule has 196 valence electrons. The lowest BCUT2D eigenvalue weighted by Crippen LogP contribution is -2.12. The third-order valence-corrected chi connectivity index (χ3v) is 11.8. The number of fused-ring (bicyclic) bond motifs is 3. The highest BCUT2D eigenvalue weighted by molar-refractivity contribution is 7.16. The van der Waals surface area contributed by atoms with Crippen LogP contribution in [0.1, 0.15) is 19.5 Å². The number of thiophene rings is 4. The fourth-order valence-electron chi connectivity index (χ4n) is 5.73. The molecule has 4 aromatic heterocycles. The van der Waals surface area contributed by atoms with Gasteiger partial charge in [0.05, 0.1) is 0 Å². The predicted octanol–water partition coefficient (Wildman–Crippen LogP) is 11.0. The van der Waals surface area contributed by atoms with Gasteiger partial charge in [0, 0.05) is 50.1 Å². The molecule has 4 heteroatoms. The molecule has 0 fully saturated rings. The highest BCUT2D eigenvalue weighted by Gasteiger charge is 2.19. The van der Waals surface area contributed by atoms with E-state index in [0.29, 0.717) is 0 Å². The lowest BCUT2D eigenvalue weighted by Gasteiger charge is -2.17. The summed E-state index contributed by atoms with van der Waals surface area (Å²) in [5.74, 6) is 0. The Morgan fingerprint density at radius 2 is 0.700 bits per heavy atom. The Morgan fingerprint density at radius 1 is 0.400 bits per heavy atom. The summed E-state index contributed by atoms with van der Waals surface area (Å²) >= 11 is 7.39. The number of hydrogen-bond donors (Lipinski definition) is 0. The van der Waals surface area contributed by atoms with Gasteiger partial charge < -0.3 is 0 Å². The van der Waals surface area contributed by atoms with E-state index in [-0.39, 0.29) is 0 Å². The summed E-state index contributed by atoms with van der Waals surface area (Å²) < 4.78 is 0. The van der Waals surface area contributed by atoms with Gasteiger partial charge in [0.25, 0.3) is 0 Å². The maximum absolute atomic E-state index is 4.77. The summed E-state index contributed by atoms with van der Waals surface area (Å²) in [7, 11) is 0. The van der Waals surface area contributed by atoms with E-state index < -0.39 is 0 Å². The molecular formula is C36H28S4. The van der Waals surface area contributed by atoms with Crippen LogP contribution in [-0.2, 0) is 0 Å². The molecule has 0 aliphatic rings. The summed E-state index contributed by atoms with van der Waals surface area (Å²) in [6, 6.07) is 27.3. The van der Waals surface area contributed by atoms with E-state index in [4.69, 9.17) is 13.2 Å². The third-order valence-electron chi connectivity index (χ3n) is 7.64. The van der Waals surface area contributed by atoms with Crippen molar-refractivity contribution in [1.82, 2.24) is 0 Å². The second-order valence-corrected chi connectivity index (χ2v) is 15.6. The van der Waals surface area contributed by atoms with Crippen molar-refractivity contribution in [3.63, 3.8) is 0 Å². The van der Waals surface area contributed by atoms with E-state index >= 15 is 0 Å². The van der Waals surface area contributed by atoms with Crippen molar-refractivity contribution in [2.75, 3.05) is 0 Å². The van der Waals surface area contributed by atoms with Crippen molar-refractivity contribution in [3.8, 4) is 41.8 Å². The van der Waals surface area contributed by atoms with Crippen molar-refractivity contribution in [2.45, 2.75) is 27.7 Å². The maximum Gasteiger partial charge on any atom is 0.0352 e. The third kappa shape index (κ3) is 4.13. The maximum atomic E-state index is 4.77. The minimum atomic E-state index is 1.08. The average Bonchev–Trinajstić information content (AvgIpc) is 3.74. The highest BCUT2D eigenvalue weighted by Crippen LogP contribution is 2.42. The Balaban J connectivity index is 1.70. The zero-order valence-corrected chi connectivity index (χ0v) is 26.2. The minimum Gasteiger partial charge on any atom is -0.141 e. The fraction of sp³-hybridized carbons (Fsp3) is 0.111. The van der Waals surface area contributed by atoms with Crippen LogP contribution in [0.5, 0.6) is 0 Å². The van der Waals surface area contributed by atoms with Gasteiger partial charge in [-0.15, -0.1) is 45.3 Å². The van der Waals surface area contributed by atoms with Gasteiger partial charge in [-0.05, 0) is 131 Å². The van der Waals surface area contributed by atoms with Crippen LogP contribution in [0.15, 0.2) is 72.8 Å². The van der Waals surface area contributed by atoms with E-state index in [0.717, 1.165) is 10.4 Å². The van der Waals surface area contributed by atoms with E-state index in [1.807, 2.05) is 45.3 Å². The second-order valence-electron chi connectivity index (χ2n) is 10.5. The fourth-order valence-corrected chi connectivity index (χ4v) is 9.35. The molecule has 0 nitrogen and oxygen atoms in total. The molecule has 0 saturated heterocycles. The summed E-state index contributed by atoms with van der Waals surface area (Å²) in [6.45, 7) is 18.3. The quantitative estimate of drug-likeness (QED) is 0.179. The zero-order valence-electron chi connectivity index (χ0n) is 23.0. The molecule has 0 saturated carbocycles. The first-order chi connectivity index (χ1) is 19.3. The summed E-state index contributed by atoms with van der Waals surface area (Å²) in [6.07, 6.45) is 0. The molecule has 0 atom stereocenters. The van der Waals surface area contributed by atoms with Crippen LogP contribution < -0.4 is 10.4 Å². The standard InChI is InChI=1S/C36H28S4/c1-19-7-13-31(37-19)27-17-29(33-15-9-21(3)39-33)25-11-12-26-30(34-16-10-22(4)40-34)18-28(32-14-8-20(2)38-32)24(6)36(26)35(25)23(27)5/h7-18H,5-6H2,1-4H3. The first kappa shape index (κ1) is 25.7. The number of hydrogen-bond acceptors (Lipinski definition) is 4. The lowest BCUT2D eigenvalue weighted by atomic mass is 9.88. The van der Waals surface area contributed by atoms with Gasteiger partial charge >= 0.3 is 0 Å². The van der Waals surface area contributed by atoms with Gasteiger partial charge in [-0.3, -0.25) is 0 Å². The molecule has 4 heterocycles. The predicted molar refractivity (Wildman–Crippen MR) is 184 cm³/mol. The van der Waals surface area contributed by atoms with E-state index in [2.05, 4.69) is 100 Å². The Morgan fingerprint density at radius 3 is 0.975 bits per heavy atom. The molecule has 0 radical (unpaired) electrons. The van der Waals surface area contributed by atoms with Crippen molar-refractivity contribution >= 4 is 80.0 Å². The van der Waals surface area contributed by atoms with Crippen LogP contribution in [0, 0.1) is 27.7 Å². The van der Waals surface area contributed by atoms with Crippen molar-refractivity contribution in [1.29, 1.82) is 0 Å². The Labute approximate surface area is 250 Å². The van der Waals surface area contributed by atoms with Gasteiger partial charge in [-0.25, -0.2) is 0 Å². The lowest BCUT2D eigenvalue weighted by molar-refractivity contribution is 1.63. The molecule has 7 aromatic rings. The topological polar surface area (TPSA) is 0 Å². The molecule has 7 rings (SSSR count).